The van der Waals surface area contributed by atoms with Crippen LogP contribution in [-0.4, -0.2) is 50.6 Å². The van der Waals surface area contributed by atoms with Crippen molar-refractivity contribution in [1.82, 2.24) is 0 Å². The average Bonchev–Trinajstić information content (AvgIpc) is 3.06. The van der Waals surface area contributed by atoms with E-state index >= 15 is 0 Å². The van der Waals surface area contributed by atoms with E-state index in [1.807, 2.05) is 19.9 Å². The average molecular weight is 491 g/mol. The summed E-state index contributed by atoms with van der Waals surface area (Å²) in [6, 6.07) is 0. The number of hydrogen-bond acceptors (Lipinski definition) is 5. The quantitative estimate of drug-likeness (QED) is 0.421. The number of allylic oxidation sites excluding steroid dienone is 1. The van der Waals surface area contributed by atoms with Crippen molar-refractivity contribution in [1.29, 1.82) is 0 Å². The van der Waals surface area contributed by atoms with Gasteiger partial charge in [0.05, 0.1) is 24.4 Å². The minimum absolute atomic E-state index is 0.0107. The summed E-state index contributed by atoms with van der Waals surface area (Å²) in [5.41, 5.74) is -1.19. The van der Waals surface area contributed by atoms with Crippen LogP contribution in [0, 0.1) is 45.3 Å². The van der Waals surface area contributed by atoms with Gasteiger partial charge in [0, 0.05) is 23.7 Å². The van der Waals surface area contributed by atoms with Crippen molar-refractivity contribution in [3.63, 3.8) is 0 Å². The molecular formula is C30H50O5. The first kappa shape index (κ1) is 27.3. The molecule has 4 aliphatic carbocycles. The number of aliphatic hydroxyl groups excluding tert-OH is 3. The van der Waals surface area contributed by atoms with Crippen molar-refractivity contribution in [2.75, 3.05) is 6.61 Å². The number of Topliss-reactive ketones (excluding diaryl/α,β-unsaturated/α-hetero) is 1. The number of fused-ring (bicyclic) bond motifs is 5. The Kier molecular flexibility index (Phi) is 6.74. The van der Waals surface area contributed by atoms with E-state index in [-0.39, 0.29) is 52.5 Å². The molecule has 4 N–H and O–H groups in total. The lowest BCUT2D eigenvalue weighted by atomic mass is 9.35. The summed E-state index contributed by atoms with van der Waals surface area (Å²) in [5, 5.41) is 43.4. The maximum absolute atomic E-state index is 14.0. The van der Waals surface area contributed by atoms with Crippen LogP contribution >= 0.6 is 0 Å². The lowest BCUT2D eigenvalue weighted by Crippen LogP contribution is -2.67. The minimum Gasteiger partial charge on any atom is -0.393 e. The smallest absolute Gasteiger partial charge is 0.137 e. The molecule has 0 unspecified atom stereocenters. The van der Waals surface area contributed by atoms with E-state index in [2.05, 4.69) is 34.6 Å². The Bertz CT molecular complexity index is 876. The third-order valence-corrected chi connectivity index (χ3v) is 12.4. The maximum atomic E-state index is 14.0. The highest BCUT2D eigenvalue weighted by Crippen LogP contribution is 2.75. The normalized spacial score (nSPS) is 49.1. The molecule has 200 valence electrons. The predicted molar refractivity (Wildman–Crippen MR) is 137 cm³/mol. The largest absolute Gasteiger partial charge is 0.393 e. The Morgan fingerprint density at radius 3 is 2.34 bits per heavy atom. The third-order valence-electron chi connectivity index (χ3n) is 12.4. The molecule has 4 rings (SSSR count). The van der Waals surface area contributed by atoms with E-state index in [0.29, 0.717) is 31.6 Å². The molecular weight excluding hydrogens is 440 g/mol. The molecule has 35 heavy (non-hydrogen) atoms. The first-order valence-corrected chi connectivity index (χ1v) is 13.9. The molecule has 5 nitrogen and oxygen atoms in total. The van der Waals surface area contributed by atoms with Crippen LogP contribution in [0.2, 0.25) is 0 Å². The number of hydrogen-bond donors (Lipinski definition) is 4. The molecule has 0 aromatic carbocycles. The van der Waals surface area contributed by atoms with E-state index in [9.17, 15) is 25.2 Å². The van der Waals surface area contributed by atoms with Gasteiger partial charge < -0.3 is 20.4 Å². The molecule has 4 aliphatic rings. The summed E-state index contributed by atoms with van der Waals surface area (Å²) in [4.78, 5) is 14.0. The minimum atomic E-state index is -1.06. The van der Waals surface area contributed by atoms with Crippen LogP contribution in [0.25, 0.3) is 0 Å². The second kappa shape index (κ2) is 8.64. The first-order valence-electron chi connectivity index (χ1n) is 13.9. The van der Waals surface area contributed by atoms with Gasteiger partial charge in [0.25, 0.3) is 0 Å². The Morgan fingerprint density at radius 2 is 1.71 bits per heavy atom. The zero-order valence-electron chi connectivity index (χ0n) is 23.1. The zero-order chi connectivity index (χ0) is 26.2. The van der Waals surface area contributed by atoms with Gasteiger partial charge in [-0.3, -0.25) is 4.79 Å². The molecule has 0 bridgehead atoms. The highest BCUT2D eigenvalue weighted by molar-refractivity contribution is 5.85. The van der Waals surface area contributed by atoms with Crippen LogP contribution in [0.1, 0.15) is 99.8 Å². The summed E-state index contributed by atoms with van der Waals surface area (Å²) in [7, 11) is 0. The summed E-state index contributed by atoms with van der Waals surface area (Å²) in [6.07, 6.45) is 6.77. The van der Waals surface area contributed by atoms with Gasteiger partial charge in [-0.05, 0) is 86.9 Å². The molecule has 0 aromatic rings. The summed E-state index contributed by atoms with van der Waals surface area (Å²) in [5.74, 6) is 0.112. The lowest BCUT2D eigenvalue weighted by molar-refractivity contribution is -0.232. The van der Waals surface area contributed by atoms with E-state index < -0.39 is 17.1 Å². The zero-order valence-corrected chi connectivity index (χ0v) is 23.1. The Hall–Kier alpha value is -0.750. The van der Waals surface area contributed by atoms with E-state index in [4.69, 9.17) is 0 Å². The van der Waals surface area contributed by atoms with Crippen LogP contribution in [0.4, 0.5) is 0 Å². The summed E-state index contributed by atoms with van der Waals surface area (Å²) < 4.78 is 0. The monoisotopic (exact) mass is 490 g/mol. The molecule has 4 fully saturated rings. The fraction of sp³-hybridized carbons (Fsp3) is 0.900. The highest BCUT2D eigenvalue weighted by Gasteiger charge is 2.73. The van der Waals surface area contributed by atoms with Crippen molar-refractivity contribution >= 4 is 5.78 Å². The summed E-state index contributed by atoms with van der Waals surface area (Å²) >= 11 is 0. The number of ketones is 1. The van der Waals surface area contributed by atoms with Crippen molar-refractivity contribution in [2.24, 2.45) is 45.3 Å². The first-order chi connectivity index (χ1) is 16.1. The molecule has 5 heteroatoms. The fourth-order valence-corrected chi connectivity index (χ4v) is 9.99. The van der Waals surface area contributed by atoms with Crippen molar-refractivity contribution in [2.45, 2.75) is 118 Å². The number of carbonyl (C=O) groups is 1. The molecule has 0 radical (unpaired) electrons. The second-order valence-corrected chi connectivity index (χ2v) is 14.3. The van der Waals surface area contributed by atoms with Gasteiger partial charge in [-0.15, -0.1) is 0 Å². The highest BCUT2D eigenvalue weighted by atomic mass is 16.3. The molecule has 0 amide bonds. The van der Waals surface area contributed by atoms with Gasteiger partial charge in [-0.1, -0.05) is 46.3 Å². The Balaban J connectivity index is 1.69. The third kappa shape index (κ3) is 3.73. The molecule has 10 atom stereocenters. The Morgan fingerprint density at radius 1 is 1.06 bits per heavy atom. The van der Waals surface area contributed by atoms with Gasteiger partial charge in [0.15, 0.2) is 0 Å². The van der Waals surface area contributed by atoms with Gasteiger partial charge >= 0.3 is 0 Å². The standard InChI is InChI=1S/C30H50O5/c1-18(17-31)9-8-12-29(6,35)19-15-24(34)30(7)25(19)20(32)16-22-27(4)13-11-23(33)26(2,3)21(27)10-14-28(22,30)5/h9,19,21-25,31,33-35H,8,10-17H2,1-7H3/b18-9+/t19-,21-,22+,23-,24-,25-,27-,28+,29-,30+/m0/s1. The van der Waals surface area contributed by atoms with Crippen LogP contribution in [0.5, 0.6) is 0 Å². The van der Waals surface area contributed by atoms with Gasteiger partial charge in [0.1, 0.15) is 5.78 Å². The van der Waals surface area contributed by atoms with E-state index in [1.165, 1.54) is 0 Å². The molecule has 0 spiro atoms. The molecule has 0 saturated heterocycles. The van der Waals surface area contributed by atoms with Crippen LogP contribution < -0.4 is 0 Å². The van der Waals surface area contributed by atoms with E-state index in [1.54, 1.807) is 0 Å². The maximum Gasteiger partial charge on any atom is 0.137 e. The fourth-order valence-electron chi connectivity index (χ4n) is 9.99. The van der Waals surface area contributed by atoms with Crippen molar-refractivity contribution in [3.8, 4) is 0 Å². The Labute approximate surface area is 212 Å². The van der Waals surface area contributed by atoms with Gasteiger partial charge in [0.2, 0.25) is 0 Å². The second-order valence-electron chi connectivity index (χ2n) is 14.3. The summed E-state index contributed by atoms with van der Waals surface area (Å²) in [6.45, 7) is 14.9. The SMILES string of the molecule is C/C(=C\CC[C@](C)(O)[C@H]1C[C@H](O)[C@]2(C)[C@@H]1C(=O)C[C@@H]1[C@@]3(C)CC[C@H](O)C(C)(C)[C@@H]3CC[C@]12C)CO. The number of rotatable bonds is 5. The topological polar surface area (TPSA) is 98.0 Å². The number of carbonyl (C=O) groups excluding carboxylic acids is 1. The molecule has 4 saturated carbocycles. The van der Waals surface area contributed by atoms with Gasteiger partial charge in [-0.2, -0.15) is 0 Å². The van der Waals surface area contributed by atoms with Crippen LogP contribution in [0.15, 0.2) is 11.6 Å². The number of aliphatic hydroxyl groups is 4. The van der Waals surface area contributed by atoms with Crippen molar-refractivity contribution < 1.29 is 25.2 Å². The van der Waals surface area contributed by atoms with Crippen LogP contribution in [0.3, 0.4) is 0 Å². The van der Waals surface area contributed by atoms with Crippen molar-refractivity contribution in [3.05, 3.63) is 11.6 Å². The lowest BCUT2D eigenvalue weighted by Gasteiger charge is -2.69. The van der Waals surface area contributed by atoms with Crippen LogP contribution in [-0.2, 0) is 4.79 Å². The molecule has 0 heterocycles. The van der Waals surface area contributed by atoms with Gasteiger partial charge in [-0.25, -0.2) is 0 Å². The van der Waals surface area contributed by atoms with E-state index in [0.717, 1.165) is 31.3 Å². The predicted octanol–water partition coefficient (Wildman–Crippen LogP) is 4.65. The molecule has 0 aromatic heterocycles. The molecule has 0 aliphatic heterocycles.